The minimum absolute atomic E-state index is 0.387. The zero-order valence-corrected chi connectivity index (χ0v) is 9.71. The van der Waals surface area contributed by atoms with Gasteiger partial charge in [-0.2, -0.15) is 12.6 Å². The van der Waals surface area contributed by atoms with Crippen molar-refractivity contribution in [3.05, 3.63) is 6.61 Å². The minimum Gasteiger partial charge on any atom is -0.394 e. The van der Waals surface area contributed by atoms with Crippen LogP contribution in [0, 0.1) is 6.61 Å². The van der Waals surface area contributed by atoms with Crippen LogP contribution in [0.2, 0.25) is 0 Å². The number of ether oxygens (including phenoxy) is 1. The molecule has 4 N–H and O–H groups in total. The van der Waals surface area contributed by atoms with Crippen molar-refractivity contribution in [2.75, 3.05) is 6.61 Å². The van der Waals surface area contributed by atoms with Gasteiger partial charge in [0.1, 0.15) is 31.0 Å². The van der Waals surface area contributed by atoms with Crippen molar-refractivity contribution in [1.29, 1.82) is 0 Å². The van der Waals surface area contributed by atoms with Gasteiger partial charge < -0.3 is 25.2 Å². The molecule has 4 atom stereocenters. The van der Waals surface area contributed by atoms with Crippen molar-refractivity contribution in [3.8, 4) is 0 Å². The van der Waals surface area contributed by atoms with Crippen molar-refractivity contribution in [3.63, 3.8) is 0 Å². The molecule has 1 heterocycles. The van der Waals surface area contributed by atoms with E-state index in [1.54, 1.807) is 0 Å². The van der Waals surface area contributed by atoms with Crippen molar-refractivity contribution < 1.29 is 25.2 Å². The summed E-state index contributed by atoms with van der Waals surface area (Å²) in [5.74, 6) is 0. The molecule has 1 aliphatic rings. The fourth-order valence-corrected chi connectivity index (χ4v) is 0.915. The Morgan fingerprint density at radius 3 is 2.13 bits per heavy atom. The fraction of sp³-hybridized carbons (Fsp3) is 0.889. The molecule has 1 aliphatic heterocycles. The van der Waals surface area contributed by atoms with Gasteiger partial charge in [-0.15, -0.1) is 0 Å². The van der Waals surface area contributed by atoms with Crippen molar-refractivity contribution >= 4 is 12.6 Å². The minimum atomic E-state index is -1.28. The Kier molecular flexibility index (Phi) is 7.50. The number of aliphatic hydroxyl groups is 4. The predicted octanol–water partition coefficient (Wildman–Crippen LogP) is -1.05. The molecule has 0 aromatic rings. The molecule has 0 aliphatic carbocycles. The lowest BCUT2D eigenvalue weighted by Gasteiger charge is -2.33. The van der Waals surface area contributed by atoms with Crippen LogP contribution in [-0.4, -0.2) is 56.7 Å². The molecule has 5 nitrogen and oxygen atoms in total. The van der Waals surface area contributed by atoms with Gasteiger partial charge in [-0.05, 0) is 5.25 Å². The van der Waals surface area contributed by atoms with E-state index in [-0.39, 0.29) is 6.61 Å². The lowest BCUT2D eigenvalue weighted by Crippen LogP contribution is -2.52. The average Bonchev–Trinajstić information content (AvgIpc) is 2.14. The van der Waals surface area contributed by atoms with E-state index in [2.05, 4.69) is 17.4 Å². The predicted molar refractivity (Wildman–Crippen MR) is 58.4 cm³/mol. The lowest BCUT2D eigenvalue weighted by molar-refractivity contribution is -0.169. The van der Waals surface area contributed by atoms with Crippen LogP contribution >= 0.6 is 12.6 Å². The molecule has 1 fully saturated rings. The number of aliphatic hydroxyl groups excluding tert-OH is 4. The third kappa shape index (κ3) is 5.70. The molecule has 0 aromatic carbocycles. The van der Waals surface area contributed by atoms with Gasteiger partial charge in [0.25, 0.3) is 0 Å². The maximum Gasteiger partial charge on any atom is 0.115 e. The first-order valence-corrected chi connectivity index (χ1v) is 5.23. The van der Waals surface area contributed by atoms with Crippen LogP contribution in [0.1, 0.15) is 13.8 Å². The van der Waals surface area contributed by atoms with Crippen molar-refractivity contribution in [1.82, 2.24) is 0 Å². The Hall–Kier alpha value is 0.150. The second-order valence-electron chi connectivity index (χ2n) is 3.56. The third-order valence-electron chi connectivity index (χ3n) is 1.65. The van der Waals surface area contributed by atoms with Crippen LogP contribution in [0.4, 0.5) is 0 Å². The summed E-state index contributed by atoms with van der Waals surface area (Å²) < 4.78 is 4.69. The summed E-state index contributed by atoms with van der Waals surface area (Å²) >= 11 is 3.97. The van der Waals surface area contributed by atoms with Crippen molar-refractivity contribution in [2.24, 2.45) is 0 Å². The third-order valence-corrected chi connectivity index (χ3v) is 1.65. The second-order valence-corrected chi connectivity index (χ2v) is 4.59. The fourth-order valence-electron chi connectivity index (χ4n) is 0.915. The van der Waals surface area contributed by atoms with E-state index in [1.807, 2.05) is 13.8 Å². The van der Waals surface area contributed by atoms with Gasteiger partial charge in [-0.25, -0.2) is 0 Å². The summed E-state index contributed by atoms with van der Waals surface area (Å²) in [5, 5.41) is 36.1. The first kappa shape index (κ1) is 15.2. The maximum atomic E-state index is 9.09. The molecular weight excluding hydrogens is 220 g/mol. The Morgan fingerprint density at radius 1 is 1.27 bits per heavy atom. The van der Waals surface area contributed by atoms with E-state index in [4.69, 9.17) is 20.4 Å². The van der Waals surface area contributed by atoms with E-state index in [0.29, 0.717) is 5.25 Å². The molecular formula is C9H19O5S. The van der Waals surface area contributed by atoms with Crippen LogP contribution in [0.25, 0.3) is 0 Å². The topological polar surface area (TPSA) is 90.2 Å². The average molecular weight is 239 g/mol. The van der Waals surface area contributed by atoms with Crippen LogP contribution in [0.15, 0.2) is 0 Å². The van der Waals surface area contributed by atoms with E-state index < -0.39 is 24.4 Å². The molecule has 0 amide bonds. The monoisotopic (exact) mass is 239 g/mol. The van der Waals surface area contributed by atoms with Gasteiger partial charge in [-0.3, -0.25) is 0 Å². The SMILES string of the molecule is CC(C)S.OC[C@H]1O[CH][C@H](O)[C@@H](O)[C@H]1O. The number of rotatable bonds is 1. The van der Waals surface area contributed by atoms with Gasteiger partial charge in [0, 0.05) is 0 Å². The van der Waals surface area contributed by atoms with E-state index in [9.17, 15) is 0 Å². The highest BCUT2D eigenvalue weighted by molar-refractivity contribution is 7.80. The molecule has 1 radical (unpaired) electrons. The van der Waals surface area contributed by atoms with Crippen LogP contribution in [0.5, 0.6) is 0 Å². The highest BCUT2D eigenvalue weighted by Crippen LogP contribution is 2.17. The molecule has 0 spiro atoms. The smallest absolute Gasteiger partial charge is 0.115 e. The Balaban J connectivity index is 0.000000423. The summed E-state index contributed by atoms with van der Waals surface area (Å²) in [6.07, 6.45) is -4.54. The van der Waals surface area contributed by atoms with Gasteiger partial charge in [0.15, 0.2) is 0 Å². The highest BCUT2D eigenvalue weighted by Gasteiger charge is 2.37. The normalized spacial score (nSPS) is 36.0. The Labute approximate surface area is 95.1 Å². The Morgan fingerprint density at radius 2 is 1.73 bits per heavy atom. The van der Waals surface area contributed by atoms with Crippen molar-refractivity contribution in [2.45, 2.75) is 43.5 Å². The molecule has 0 aromatic heterocycles. The Bertz CT molecular complexity index is 162. The number of hydrogen-bond acceptors (Lipinski definition) is 6. The molecule has 15 heavy (non-hydrogen) atoms. The molecule has 0 bridgehead atoms. The second kappa shape index (κ2) is 7.43. The largest absolute Gasteiger partial charge is 0.394 e. The zero-order valence-electron chi connectivity index (χ0n) is 8.82. The summed E-state index contributed by atoms with van der Waals surface area (Å²) in [5.41, 5.74) is 0. The van der Waals surface area contributed by atoms with E-state index in [0.717, 1.165) is 6.61 Å². The molecule has 6 heteroatoms. The standard InChI is InChI=1S/C6H11O5.C3H8S/c7-1-4-6(10)5(9)3(8)2-11-4;1-3(2)4/h2-10H,1H2;3-4H,1-2H3/t3-,4+,5+,6-;/m0./s1. The van der Waals surface area contributed by atoms with Crippen LogP contribution in [0.3, 0.4) is 0 Å². The molecule has 1 rings (SSSR count). The number of hydrogen-bond donors (Lipinski definition) is 5. The summed E-state index contributed by atoms with van der Waals surface area (Å²) in [6.45, 7) is 4.67. The molecule has 91 valence electrons. The van der Waals surface area contributed by atoms with Gasteiger partial charge in [0.05, 0.1) is 6.61 Å². The quantitative estimate of drug-likeness (QED) is 0.377. The van der Waals surface area contributed by atoms with Crippen LogP contribution in [-0.2, 0) is 4.74 Å². The van der Waals surface area contributed by atoms with E-state index >= 15 is 0 Å². The van der Waals surface area contributed by atoms with E-state index in [1.165, 1.54) is 0 Å². The van der Waals surface area contributed by atoms with Gasteiger partial charge >= 0.3 is 0 Å². The molecule has 1 saturated heterocycles. The first-order chi connectivity index (χ1) is 6.90. The number of thiol groups is 1. The summed E-state index contributed by atoms with van der Waals surface area (Å²) in [4.78, 5) is 0. The first-order valence-electron chi connectivity index (χ1n) is 4.72. The maximum absolute atomic E-state index is 9.09. The summed E-state index contributed by atoms with van der Waals surface area (Å²) in [7, 11) is 0. The summed E-state index contributed by atoms with van der Waals surface area (Å²) in [6, 6.07) is 0. The van der Waals surface area contributed by atoms with Crippen LogP contribution < -0.4 is 0 Å². The molecule has 0 saturated carbocycles. The van der Waals surface area contributed by atoms with Gasteiger partial charge in [0.2, 0.25) is 0 Å². The highest BCUT2D eigenvalue weighted by atomic mass is 32.1. The molecule has 0 unspecified atom stereocenters. The van der Waals surface area contributed by atoms with Gasteiger partial charge in [-0.1, -0.05) is 13.8 Å². The zero-order chi connectivity index (χ0) is 12.0. The lowest BCUT2D eigenvalue weighted by atomic mass is 10.0.